The normalized spacial score (nSPS) is 18.6. The van der Waals surface area contributed by atoms with Crippen LogP contribution in [0.15, 0.2) is 60.1 Å². The fourth-order valence-corrected chi connectivity index (χ4v) is 6.41. The minimum absolute atomic E-state index is 0.00919. The Morgan fingerprint density at radius 1 is 1.04 bits per heavy atom. The van der Waals surface area contributed by atoms with E-state index in [1.165, 1.54) is 11.3 Å². The van der Waals surface area contributed by atoms with Gasteiger partial charge in [0.25, 0.3) is 11.8 Å². The molecule has 2 aliphatic rings. The number of hydrogen-bond acceptors (Lipinski definition) is 9. The molecule has 1 saturated carbocycles. The van der Waals surface area contributed by atoms with Crippen molar-refractivity contribution in [1.82, 2.24) is 25.5 Å². The topological polar surface area (TPSA) is 126 Å². The minimum Gasteiger partial charge on any atom is -0.507 e. The number of nitrogens with one attached hydrogen (secondary N) is 2. The zero-order valence-corrected chi connectivity index (χ0v) is 26.3. The monoisotopic (exact) mass is 645 g/mol. The Bertz CT molecular complexity index is 1700. The van der Waals surface area contributed by atoms with Crippen LogP contribution in [0.3, 0.4) is 0 Å². The molecule has 2 aromatic carbocycles. The van der Waals surface area contributed by atoms with Crippen LogP contribution in [0.5, 0.6) is 17.4 Å². The van der Waals surface area contributed by atoms with Gasteiger partial charge >= 0.3 is 0 Å². The van der Waals surface area contributed by atoms with Gasteiger partial charge in [-0.25, -0.2) is 14.4 Å². The summed E-state index contributed by atoms with van der Waals surface area (Å²) in [7, 11) is 0. The number of thiazole rings is 1. The van der Waals surface area contributed by atoms with Gasteiger partial charge in [0.05, 0.1) is 24.4 Å². The van der Waals surface area contributed by atoms with Crippen LogP contribution in [0, 0.1) is 12.7 Å². The number of aryl methyl sites for hydroxylation is 1. The van der Waals surface area contributed by atoms with Gasteiger partial charge < -0.3 is 25.2 Å². The molecule has 2 amide bonds. The number of aromatic hydroxyl groups is 1. The number of carbonyl (C=O) groups is 2. The van der Waals surface area contributed by atoms with E-state index >= 15 is 0 Å². The number of amides is 2. The molecular weight excluding hydrogens is 609 g/mol. The van der Waals surface area contributed by atoms with Crippen molar-refractivity contribution in [2.75, 3.05) is 26.3 Å². The predicted octanol–water partition coefficient (Wildman–Crippen LogP) is 5.45. The standard InChI is InChI=1S/C34H36FN5O5S/c1-21-37-30(20-46-21)33(43)39-26-8-6-25(7-9-26)38-32(42)29-17-24(35)18-36-34(29)45-27-4-2-3-23(16-27)28-10-5-22(15-31(28)41)19-40-11-13-44-14-12-40/h2-5,10,15-18,20,25-26,41H,6-9,11-14,19H2,1H3,(H,38,42)(H,39,43). The van der Waals surface area contributed by atoms with E-state index in [4.69, 9.17) is 9.47 Å². The highest BCUT2D eigenvalue weighted by atomic mass is 32.1. The average molecular weight is 646 g/mol. The molecule has 6 rings (SSSR count). The molecule has 0 bridgehead atoms. The van der Waals surface area contributed by atoms with E-state index in [9.17, 15) is 19.1 Å². The maximum absolute atomic E-state index is 14.3. The number of halogens is 1. The summed E-state index contributed by atoms with van der Waals surface area (Å²) in [4.78, 5) is 36.4. The van der Waals surface area contributed by atoms with Gasteiger partial charge in [0.1, 0.15) is 28.6 Å². The number of phenolic OH excluding ortho intramolecular Hbond substituents is 1. The third kappa shape index (κ3) is 7.87. The molecule has 4 aromatic rings. The number of rotatable bonds is 9. The number of pyridine rings is 1. The van der Waals surface area contributed by atoms with Crippen molar-refractivity contribution in [3.8, 4) is 28.5 Å². The lowest BCUT2D eigenvalue weighted by atomic mass is 9.91. The Labute approximate surface area is 270 Å². The number of phenols is 1. The Hall–Kier alpha value is -4.39. The molecule has 1 aliphatic carbocycles. The van der Waals surface area contributed by atoms with Crippen LogP contribution in [0.1, 0.15) is 57.1 Å². The lowest BCUT2D eigenvalue weighted by Gasteiger charge is -2.29. The van der Waals surface area contributed by atoms with Gasteiger partial charge in [-0.3, -0.25) is 14.5 Å². The van der Waals surface area contributed by atoms with E-state index in [0.717, 1.165) is 48.0 Å². The summed E-state index contributed by atoms with van der Waals surface area (Å²) < 4.78 is 25.7. The molecule has 0 spiro atoms. The first-order valence-electron chi connectivity index (χ1n) is 15.4. The summed E-state index contributed by atoms with van der Waals surface area (Å²) in [6.07, 6.45) is 3.70. The van der Waals surface area contributed by atoms with Crippen LogP contribution in [-0.4, -0.2) is 70.2 Å². The highest BCUT2D eigenvalue weighted by Crippen LogP contribution is 2.34. The summed E-state index contributed by atoms with van der Waals surface area (Å²) in [5, 5.41) is 19.4. The fraction of sp³-hybridized carbons (Fsp3) is 0.353. The number of ether oxygens (including phenoxy) is 2. The predicted molar refractivity (Wildman–Crippen MR) is 172 cm³/mol. The van der Waals surface area contributed by atoms with Gasteiger partial charge in [0, 0.05) is 42.7 Å². The largest absolute Gasteiger partial charge is 0.507 e. The number of morpholine rings is 1. The Morgan fingerprint density at radius 2 is 1.78 bits per heavy atom. The van der Waals surface area contributed by atoms with Crippen LogP contribution in [0.4, 0.5) is 4.39 Å². The maximum Gasteiger partial charge on any atom is 0.270 e. The molecule has 1 aliphatic heterocycles. The van der Waals surface area contributed by atoms with Gasteiger partial charge in [-0.05, 0) is 68.0 Å². The first-order valence-corrected chi connectivity index (χ1v) is 16.3. The first kappa shape index (κ1) is 31.6. The van der Waals surface area contributed by atoms with E-state index in [1.54, 1.807) is 29.6 Å². The molecular formula is C34H36FN5O5S. The molecule has 1 saturated heterocycles. The van der Waals surface area contributed by atoms with E-state index < -0.39 is 11.7 Å². The van der Waals surface area contributed by atoms with Crippen LogP contribution in [0.2, 0.25) is 0 Å². The summed E-state index contributed by atoms with van der Waals surface area (Å²) in [6.45, 7) is 5.71. The van der Waals surface area contributed by atoms with Crippen molar-refractivity contribution >= 4 is 23.2 Å². The highest BCUT2D eigenvalue weighted by molar-refractivity contribution is 7.09. The number of aromatic nitrogens is 2. The van der Waals surface area contributed by atoms with Gasteiger partial charge in [-0.2, -0.15) is 0 Å². The molecule has 10 nitrogen and oxygen atoms in total. The smallest absolute Gasteiger partial charge is 0.270 e. The second-order valence-electron chi connectivity index (χ2n) is 11.6. The molecule has 0 atom stereocenters. The van der Waals surface area contributed by atoms with Crippen LogP contribution in [0.25, 0.3) is 11.1 Å². The van der Waals surface area contributed by atoms with E-state index in [0.29, 0.717) is 55.9 Å². The molecule has 2 fully saturated rings. The van der Waals surface area contributed by atoms with E-state index in [1.807, 2.05) is 25.1 Å². The summed E-state index contributed by atoms with van der Waals surface area (Å²) in [5.74, 6) is -0.830. The Morgan fingerprint density at radius 3 is 2.48 bits per heavy atom. The van der Waals surface area contributed by atoms with Crippen molar-refractivity contribution in [2.24, 2.45) is 0 Å². The van der Waals surface area contributed by atoms with Crippen LogP contribution < -0.4 is 15.4 Å². The summed E-state index contributed by atoms with van der Waals surface area (Å²) in [6, 6.07) is 13.7. The van der Waals surface area contributed by atoms with Crippen LogP contribution >= 0.6 is 11.3 Å². The van der Waals surface area contributed by atoms with Gasteiger partial charge in [0.15, 0.2) is 0 Å². The first-order chi connectivity index (χ1) is 22.3. The molecule has 2 aromatic heterocycles. The minimum atomic E-state index is -0.656. The molecule has 3 N–H and O–H groups in total. The second kappa shape index (κ2) is 14.4. The average Bonchev–Trinajstić information content (AvgIpc) is 3.50. The van der Waals surface area contributed by atoms with Gasteiger partial charge in [-0.1, -0.05) is 24.3 Å². The molecule has 3 heterocycles. The molecule has 0 unspecified atom stereocenters. The lowest BCUT2D eigenvalue weighted by molar-refractivity contribution is 0.0342. The third-order valence-electron chi connectivity index (χ3n) is 8.24. The zero-order chi connectivity index (χ0) is 32.0. The van der Waals surface area contributed by atoms with Crippen molar-refractivity contribution in [3.05, 3.63) is 87.8 Å². The summed E-state index contributed by atoms with van der Waals surface area (Å²) in [5.41, 5.74) is 2.76. The number of benzene rings is 2. The van der Waals surface area contributed by atoms with Crippen molar-refractivity contribution in [3.63, 3.8) is 0 Å². The van der Waals surface area contributed by atoms with E-state index in [-0.39, 0.29) is 35.2 Å². The van der Waals surface area contributed by atoms with Crippen molar-refractivity contribution in [2.45, 2.75) is 51.2 Å². The summed E-state index contributed by atoms with van der Waals surface area (Å²) >= 11 is 1.43. The Balaban J connectivity index is 1.08. The maximum atomic E-state index is 14.3. The molecule has 12 heteroatoms. The van der Waals surface area contributed by atoms with E-state index in [2.05, 4.69) is 25.5 Å². The lowest BCUT2D eigenvalue weighted by Crippen LogP contribution is -2.44. The molecule has 240 valence electrons. The van der Waals surface area contributed by atoms with Gasteiger partial charge in [-0.15, -0.1) is 11.3 Å². The number of carbonyl (C=O) groups excluding carboxylic acids is 2. The highest BCUT2D eigenvalue weighted by Gasteiger charge is 2.26. The third-order valence-corrected chi connectivity index (χ3v) is 9.02. The second-order valence-corrected chi connectivity index (χ2v) is 12.7. The van der Waals surface area contributed by atoms with Crippen molar-refractivity contribution in [1.29, 1.82) is 0 Å². The van der Waals surface area contributed by atoms with Gasteiger partial charge in [0.2, 0.25) is 5.88 Å². The quantitative estimate of drug-likeness (QED) is 0.219. The molecule has 46 heavy (non-hydrogen) atoms. The number of hydrogen-bond donors (Lipinski definition) is 3. The van der Waals surface area contributed by atoms with Crippen LogP contribution in [-0.2, 0) is 11.3 Å². The zero-order valence-electron chi connectivity index (χ0n) is 25.5. The van der Waals surface area contributed by atoms with Crippen molar-refractivity contribution < 1.29 is 28.6 Å². The number of nitrogens with zero attached hydrogens (tertiary/aromatic N) is 3. The fourth-order valence-electron chi connectivity index (χ4n) is 5.82. The molecule has 0 radical (unpaired) electrons. The SMILES string of the molecule is Cc1nc(C(=O)NC2CCC(NC(=O)c3cc(F)cnc3Oc3cccc(-c4ccc(CN5CCOCC5)cc4O)c3)CC2)cs1. The Kier molecular flexibility index (Phi) is 9.86.